The molecule has 0 heterocycles. The van der Waals surface area contributed by atoms with Gasteiger partial charge in [-0.25, -0.2) is 0 Å². The van der Waals surface area contributed by atoms with Gasteiger partial charge in [-0.1, -0.05) is 33.6 Å². The summed E-state index contributed by atoms with van der Waals surface area (Å²) in [7, 11) is 0. The zero-order chi connectivity index (χ0) is 11.1. The van der Waals surface area contributed by atoms with Crippen molar-refractivity contribution in [2.45, 2.75) is 59.0 Å². The van der Waals surface area contributed by atoms with Crippen LogP contribution in [0, 0.1) is 5.92 Å². The number of hydrogen-bond acceptors (Lipinski definition) is 2. The Bertz CT molecular complexity index is 176. The first-order valence-electron chi connectivity index (χ1n) is 5.58. The van der Waals surface area contributed by atoms with Crippen LogP contribution in [-0.4, -0.2) is 18.0 Å². The maximum atomic E-state index is 11.5. The van der Waals surface area contributed by atoms with E-state index in [1.807, 2.05) is 13.8 Å². The van der Waals surface area contributed by atoms with Crippen molar-refractivity contribution in [1.29, 1.82) is 0 Å². The molecule has 3 atom stereocenters. The molecule has 0 bridgehead atoms. The van der Waals surface area contributed by atoms with Crippen LogP contribution in [0.3, 0.4) is 0 Å². The van der Waals surface area contributed by atoms with E-state index in [2.05, 4.69) is 19.2 Å². The van der Waals surface area contributed by atoms with Crippen molar-refractivity contribution in [3.63, 3.8) is 0 Å². The number of halogens is 1. The molecule has 3 nitrogen and oxygen atoms in total. The lowest BCUT2D eigenvalue weighted by Crippen LogP contribution is -2.46. The van der Waals surface area contributed by atoms with E-state index in [0.717, 1.165) is 19.3 Å². The van der Waals surface area contributed by atoms with Gasteiger partial charge in [0.1, 0.15) is 0 Å². The fraction of sp³-hybridized carbons (Fsp3) is 0.909. The summed E-state index contributed by atoms with van der Waals surface area (Å²) in [5.41, 5.74) is 5.71. The van der Waals surface area contributed by atoms with Gasteiger partial charge in [-0.15, -0.1) is 12.4 Å². The van der Waals surface area contributed by atoms with E-state index in [1.165, 1.54) is 0 Å². The summed E-state index contributed by atoms with van der Waals surface area (Å²) in [6.45, 7) is 8.32. The summed E-state index contributed by atoms with van der Waals surface area (Å²) in [4.78, 5) is 11.5. The topological polar surface area (TPSA) is 55.1 Å². The van der Waals surface area contributed by atoms with Gasteiger partial charge in [0.25, 0.3) is 0 Å². The van der Waals surface area contributed by atoms with E-state index < -0.39 is 0 Å². The molecule has 0 rings (SSSR count). The van der Waals surface area contributed by atoms with Crippen molar-refractivity contribution in [3.05, 3.63) is 0 Å². The minimum atomic E-state index is -0.341. The third-order valence-corrected chi connectivity index (χ3v) is 2.80. The average molecular weight is 237 g/mol. The van der Waals surface area contributed by atoms with Crippen molar-refractivity contribution in [2.75, 3.05) is 0 Å². The summed E-state index contributed by atoms with van der Waals surface area (Å²) < 4.78 is 0. The van der Waals surface area contributed by atoms with Crippen LogP contribution in [0.2, 0.25) is 0 Å². The standard InChI is InChI=1S/C11H24N2O.ClH/c1-5-7-10(12)11(14)13-9(4)8(3)6-2;/h8-10H,5-7,12H2,1-4H3,(H,13,14);1H. The van der Waals surface area contributed by atoms with Crippen LogP contribution in [-0.2, 0) is 4.79 Å². The van der Waals surface area contributed by atoms with Crippen molar-refractivity contribution in [2.24, 2.45) is 11.7 Å². The van der Waals surface area contributed by atoms with Crippen LogP contribution < -0.4 is 11.1 Å². The van der Waals surface area contributed by atoms with E-state index in [1.54, 1.807) is 0 Å². The molecule has 0 aliphatic carbocycles. The van der Waals surface area contributed by atoms with Crippen molar-refractivity contribution in [1.82, 2.24) is 5.32 Å². The van der Waals surface area contributed by atoms with Crippen LogP contribution >= 0.6 is 12.4 Å². The van der Waals surface area contributed by atoms with E-state index in [-0.39, 0.29) is 30.4 Å². The SMILES string of the molecule is CCCC(N)C(=O)NC(C)C(C)CC.Cl. The molecule has 3 N–H and O–H groups in total. The zero-order valence-electron chi connectivity index (χ0n) is 10.2. The molecule has 15 heavy (non-hydrogen) atoms. The largest absolute Gasteiger partial charge is 0.352 e. The molecule has 0 aliphatic heterocycles. The van der Waals surface area contributed by atoms with E-state index in [0.29, 0.717) is 5.92 Å². The molecule has 0 aromatic rings. The lowest BCUT2D eigenvalue weighted by molar-refractivity contribution is -0.123. The van der Waals surface area contributed by atoms with Crippen LogP contribution in [0.5, 0.6) is 0 Å². The third kappa shape index (κ3) is 6.74. The molecule has 0 radical (unpaired) electrons. The van der Waals surface area contributed by atoms with Gasteiger partial charge in [-0.3, -0.25) is 4.79 Å². The van der Waals surface area contributed by atoms with E-state index >= 15 is 0 Å². The lowest BCUT2D eigenvalue weighted by Gasteiger charge is -2.21. The molecule has 0 aromatic heterocycles. The molecule has 0 saturated heterocycles. The molecule has 92 valence electrons. The van der Waals surface area contributed by atoms with Crippen molar-refractivity contribution < 1.29 is 4.79 Å². The van der Waals surface area contributed by atoms with Gasteiger partial charge >= 0.3 is 0 Å². The minimum Gasteiger partial charge on any atom is -0.352 e. The number of rotatable bonds is 6. The van der Waals surface area contributed by atoms with Gasteiger partial charge in [0.15, 0.2) is 0 Å². The fourth-order valence-corrected chi connectivity index (χ4v) is 1.27. The third-order valence-electron chi connectivity index (χ3n) is 2.80. The Morgan fingerprint density at radius 3 is 2.27 bits per heavy atom. The Balaban J connectivity index is 0. The molecule has 0 spiro atoms. The second kappa shape index (κ2) is 8.98. The zero-order valence-corrected chi connectivity index (χ0v) is 11.1. The molecule has 3 unspecified atom stereocenters. The molecular weight excluding hydrogens is 212 g/mol. The number of nitrogens with one attached hydrogen (secondary N) is 1. The quantitative estimate of drug-likeness (QED) is 0.742. The number of carbonyl (C=O) groups excluding carboxylic acids is 1. The molecule has 4 heteroatoms. The molecule has 0 aromatic carbocycles. The lowest BCUT2D eigenvalue weighted by atomic mass is 10.0. The Hall–Kier alpha value is -0.280. The molecule has 0 fully saturated rings. The monoisotopic (exact) mass is 236 g/mol. The first-order valence-corrected chi connectivity index (χ1v) is 5.58. The predicted molar refractivity (Wildman–Crippen MR) is 67.2 cm³/mol. The second-order valence-electron chi connectivity index (χ2n) is 4.08. The first-order chi connectivity index (χ1) is 6.52. The minimum absolute atomic E-state index is 0. The second-order valence-corrected chi connectivity index (χ2v) is 4.08. The van der Waals surface area contributed by atoms with Crippen molar-refractivity contribution >= 4 is 18.3 Å². The van der Waals surface area contributed by atoms with Gasteiger partial charge < -0.3 is 11.1 Å². The molecule has 0 aliphatic rings. The van der Waals surface area contributed by atoms with E-state index in [4.69, 9.17) is 5.73 Å². The summed E-state index contributed by atoms with van der Waals surface area (Å²) in [6.07, 6.45) is 2.79. The predicted octanol–water partition coefficient (Wildman–Crippen LogP) is 2.09. The highest BCUT2D eigenvalue weighted by Crippen LogP contribution is 2.06. The maximum Gasteiger partial charge on any atom is 0.237 e. The summed E-state index contributed by atoms with van der Waals surface area (Å²) in [5, 5.41) is 2.95. The van der Waals surface area contributed by atoms with Gasteiger partial charge in [-0.05, 0) is 19.3 Å². The number of nitrogens with two attached hydrogens (primary N) is 1. The van der Waals surface area contributed by atoms with Crippen LogP contribution in [0.4, 0.5) is 0 Å². The van der Waals surface area contributed by atoms with Crippen LogP contribution in [0.25, 0.3) is 0 Å². The Morgan fingerprint density at radius 2 is 1.87 bits per heavy atom. The molecule has 1 amide bonds. The summed E-state index contributed by atoms with van der Waals surface area (Å²) in [6, 6.07) is -0.123. The van der Waals surface area contributed by atoms with E-state index in [9.17, 15) is 4.79 Å². The van der Waals surface area contributed by atoms with Gasteiger partial charge in [0.05, 0.1) is 6.04 Å². The molecule has 0 saturated carbocycles. The Labute approximate surface area is 99.6 Å². The number of carbonyl (C=O) groups is 1. The smallest absolute Gasteiger partial charge is 0.237 e. The highest BCUT2D eigenvalue weighted by atomic mass is 35.5. The normalized spacial score (nSPS) is 16.1. The summed E-state index contributed by atoms with van der Waals surface area (Å²) in [5.74, 6) is 0.493. The van der Waals surface area contributed by atoms with Gasteiger partial charge in [-0.2, -0.15) is 0 Å². The maximum absolute atomic E-state index is 11.5. The first kappa shape index (κ1) is 17.1. The van der Waals surface area contributed by atoms with Crippen LogP contribution in [0.1, 0.15) is 47.0 Å². The fourth-order valence-electron chi connectivity index (χ4n) is 1.27. The van der Waals surface area contributed by atoms with Gasteiger partial charge in [0.2, 0.25) is 5.91 Å². The van der Waals surface area contributed by atoms with Crippen molar-refractivity contribution in [3.8, 4) is 0 Å². The molecular formula is C11H25ClN2O. The Morgan fingerprint density at radius 1 is 1.33 bits per heavy atom. The Kier molecular flexibility index (Phi) is 10.3. The average Bonchev–Trinajstić information content (AvgIpc) is 2.16. The number of amides is 1. The number of hydrogen-bond donors (Lipinski definition) is 2. The van der Waals surface area contributed by atoms with Crippen LogP contribution in [0.15, 0.2) is 0 Å². The summed E-state index contributed by atoms with van der Waals surface area (Å²) >= 11 is 0. The highest BCUT2D eigenvalue weighted by Gasteiger charge is 2.17. The highest BCUT2D eigenvalue weighted by molar-refractivity contribution is 5.85. The van der Waals surface area contributed by atoms with Gasteiger partial charge in [0, 0.05) is 6.04 Å².